The number of carbonyl (C=O) groups excluding carboxylic acids is 1. The van der Waals surface area contributed by atoms with Gasteiger partial charge in [0.2, 0.25) is 0 Å². The lowest BCUT2D eigenvalue weighted by atomic mass is 10.1. The van der Waals surface area contributed by atoms with Gasteiger partial charge in [-0.05, 0) is 38.1 Å². The Bertz CT molecular complexity index is 407. The van der Waals surface area contributed by atoms with Gasteiger partial charge in [0, 0.05) is 17.0 Å². The van der Waals surface area contributed by atoms with Crippen LogP contribution in [0.3, 0.4) is 0 Å². The number of halogens is 3. The summed E-state index contributed by atoms with van der Waals surface area (Å²) < 4.78 is 28.0. The Kier molecular flexibility index (Phi) is 4.90. The van der Waals surface area contributed by atoms with Gasteiger partial charge in [-0.25, -0.2) is 0 Å². The maximum atomic E-state index is 11.9. The molecule has 1 rings (SSSR count). The smallest absolute Gasteiger partial charge is 0.387 e. The number of nitrogens with one attached hydrogen (secondary N) is 1. The van der Waals surface area contributed by atoms with Gasteiger partial charge in [0.25, 0.3) is 5.91 Å². The molecule has 18 heavy (non-hydrogen) atoms. The molecule has 0 radical (unpaired) electrons. The third-order valence-corrected chi connectivity index (χ3v) is 2.80. The van der Waals surface area contributed by atoms with Crippen LogP contribution in [0.1, 0.15) is 24.2 Å². The highest BCUT2D eigenvalue weighted by atomic mass is 35.5. The molecule has 0 unspecified atom stereocenters. The van der Waals surface area contributed by atoms with Crippen LogP contribution in [0.25, 0.3) is 0 Å². The first kappa shape index (κ1) is 14.7. The van der Waals surface area contributed by atoms with E-state index in [0.717, 1.165) is 0 Å². The van der Waals surface area contributed by atoms with E-state index in [1.54, 1.807) is 13.8 Å². The van der Waals surface area contributed by atoms with Crippen molar-refractivity contribution in [2.75, 3.05) is 5.88 Å². The lowest BCUT2D eigenvalue weighted by Gasteiger charge is -2.23. The number of alkyl halides is 3. The summed E-state index contributed by atoms with van der Waals surface area (Å²) in [7, 11) is 0. The van der Waals surface area contributed by atoms with Gasteiger partial charge in [0.15, 0.2) is 0 Å². The minimum atomic E-state index is -2.88. The molecular formula is C12H14ClF2NO2. The topological polar surface area (TPSA) is 38.3 Å². The molecule has 1 aromatic carbocycles. The zero-order valence-corrected chi connectivity index (χ0v) is 10.8. The summed E-state index contributed by atoms with van der Waals surface area (Å²) in [5, 5.41) is 2.72. The predicted molar refractivity (Wildman–Crippen MR) is 65.3 cm³/mol. The molecule has 0 heterocycles. The first-order valence-electron chi connectivity index (χ1n) is 5.27. The van der Waals surface area contributed by atoms with Crippen LogP contribution < -0.4 is 10.1 Å². The lowest BCUT2D eigenvalue weighted by Crippen LogP contribution is -2.44. The summed E-state index contributed by atoms with van der Waals surface area (Å²) in [4.78, 5) is 11.8. The Hall–Kier alpha value is -1.36. The van der Waals surface area contributed by atoms with Crippen LogP contribution in [0.2, 0.25) is 0 Å². The summed E-state index contributed by atoms with van der Waals surface area (Å²) in [6.45, 7) is 0.693. The van der Waals surface area contributed by atoms with E-state index in [2.05, 4.69) is 10.1 Å². The quantitative estimate of drug-likeness (QED) is 0.840. The van der Waals surface area contributed by atoms with Crippen LogP contribution >= 0.6 is 11.6 Å². The van der Waals surface area contributed by atoms with Crippen molar-refractivity contribution in [3.8, 4) is 5.75 Å². The average Bonchev–Trinajstić information content (AvgIpc) is 2.28. The van der Waals surface area contributed by atoms with Gasteiger partial charge in [0.05, 0.1) is 0 Å². The van der Waals surface area contributed by atoms with Crippen molar-refractivity contribution in [3.63, 3.8) is 0 Å². The normalized spacial score (nSPS) is 11.4. The molecule has 0 fully saturated rings. The number of hydrogen-bond donors (Lipinski definition) is 1. The molecule has 0 aliphatic heterocycles. The van der Waals surface area contributed by atoms with Crippen LogP contribution in [0.5, 0.6) is 5.75 Å². The Labute approximate surface area is 109 Å². The third kappa shape index (κ3) is 4.49. The van der Waals surface area contributed by atoms with Crippen molar-refractivity contribution >= 4 is 17.5 Å². The van der Waals surface area contributed by atoms with Gasteiger partial charge < -0.3 is 10.1 Å². The molecule has 0 atom stereocenters. The van der Waals surface area contributed by atoms with Crippen LogP contribution in [0.4, 0.5) is 8.78 Å². The zero-order chi connectivity index (χ0) is 13.8. The van der Waals surface area contributed by atoms with Gasteiger partial charge in [-0.15, -0.1) is 11.6 Å². The van der Waals surface area contributed by atoms with Crippen molar-refractivity contribution < 1.29 is 18.3 Å². The van der Waals surface area contributed by atoms with Crippen molar-refractivity contribution in [2.45, 2.75) is 26.0 Å². The van der Waals surface area contributed by atoms with E-state index in [0.29, 0.717) is 5.56 Å². The molecule has 1 amide bonds. The van der Waals surface area contributed by atoms with E-state index < -0.39 is 12.2 Å². The van der Waals surface area contributed by atoms with Crippen LogP contribution in [0, 0.1) is 0 Å². The molecule has 0 aliphatic carbocycles. The number of carbonyl (C=O) groups is 1. The van der Waals surface area contributed by atoms with Crippen LogP contribution in [0.15, 0.2) is 24.3 Å². The third-order valence-electron chi connectivity index (χ3n) is 2.13. The van der Waals surface area contributed by atoms with Gasteiger partial charge in [0.1, 0.15) is 5.75 Å². The number of hydrogen-bond acceptors (Lipinski definition) is 2. The van der Waals surface area contributed by atoms with Crippen LogP contribution in [-0.4, -0.2) is 23.9 Å². The fraction of sp³-hybridized carbons (Fsp3) is 0.417. The van der Waals surface area contributed by atoms with Crippen molar-refractivity contribution in [2.24, 2.45) is 0 Å². The molecule has 0 bridgehead atoms. The maximum absolute atomic E-state index is 11.9. The molecule has 100 valence electrons. The SMILES string of the molecule is CC(C)(CCl)NC(=O)c1ccc(OC(F)F)cc1. The van der Waals surface area contributed by atoms with Crippen molar-refractivity contribution in [1.82, 2.24) is 5.32 Å². The summed E-state index contributed by atoms with van der Waals surface area (Å²) >= 11 is 5.69. The second-order valence-corrected chi connectivity index (χ2v) is 4.64. The summed E-state index contributed by atoms with van der Waals surface area (Å²) in [6.07, 6.45) is 0. The molecule has 1 aromatic rings. The Morgan fingerprint density at radius 1 is 1.39 bits per heavy atom. The van der Waals surface area contributed by atoms with Gasteiger partial charge >= 0.3 is 6.61 Å². The molecule has 0 aromatic heterocycles. The summed E-state index contributed by atoms with van der Waals surface area (Å²) in [5.41, 5.74) is -0.175. The second-order valence-electron chi connectivity index (χ2n) is 4.37. The number of rotatable bonds is 5. The lowest BCUT2D eigenvalue weighted by molar-refractivity contribution is -0.0498. The Morgan fingerprint density at radius 2 is 1.94 bits per heavy atom. The molecular weight excluding hydrogens is 264 g/mol. The highest BCUT2D eigenvalue weighted by Crippen LogP contribution is 2.15. The largest absolute Gasteiger partial charge is 0.435 e. The van der Waals surface area contributed by atoms with E-state index in [4.69, 9.17) is 11.6 Å². The van der Waals surface area contributed by atoms with Gasteiger partial charge in [-0.3, -0.25) is 4.79 Å². The van der Waals surface area contributed by atoms with Gasteiger partial charge in [-0.1, -0.05) is 0 Å². The fourth-order valence-corrected chi connectivity index (χ4v) is 1.27. The maximum Gasteiger partial charge on any atom is 0.387 e. The minimum absolute atomic E-state index is 0.0122. The first-order valence-corrected chi connectivity index (χ1v) is 5.81. The van der Waals surface area contributed by atoms with Crippen molar-refractivity contribution in [1.29, 1.82) is 0 Å². The van der Waals surface area contributed by atoms with Crippen molar-refractivity contribution in [3.05, 3.63) is 29.8 Å². The fourth-order valence-electron chi connectivity index (χ4n) is 1.20. The minimum Gasteiger partial charge on any atom is -0.435 e. The molecule has 0 saturated carbocycles. The molecule has 6 heteroatoms. The van der Waals surface area contributed by atoms with Gasteiger partial charge in [-0.2, -0.15) is 8.78 Å². The Morgan fingerprint density at radius 3 is 2.39 bits per heavy atom. The number of benzene rings is 1. The monoisotopic (exact) mass is 277 g/mol. The summed E-state index contributed by atoms with van der Waals surface area (Å²) in [6, 6.07) is 5.46. The van der Waals surface area contributed by atoms with E-state index in [1.165, 1.54) is 24.3 Å². The average molecular weight is 278 g/mol. The number of ether oxygens (including phenoxy) is 1. The predicted octanol–water partition coefficient (Wildman–Crippen LogP) is 3.04. The second kappa shape index (κ2) is 6.00. The van der Waals surface area contributed by atoms with E-state index in [9.17, 15) is 13.6 Å². The highest BCUT2D eigenvalue weighted by Gasteiger charge is 2.19. The molecule has 0 saturated heterocycles. The van der Waals surface area contributed by atoms with E-state index in [1.807, 2.05) is 0 Å². The molecule has 0 spiro atoms. The standard InChI is InChI=1S/C12H14ClF2NO2/c1-12(2,7-13)16-10(17)8-3-5-9(6-4-8)18-11(14)15/h3-6,11H,7H2,1-2H3,(H,16,17). The van der Waals surface area contributed by atoms with Crippen LogP contribution in [-0.2, 0) is 0 Å². The first-order chi connectivity index (χ1) is 8.34. The van der Waals surface area contributed by atoms with E-state index in [-0.39, 0.29) is 17.5 Å². The molecule has 0 aliphatic rings. The molecule has 1 N–H and O–H groups in total. The molecule has 3 nitrogen and oxygen atoms in total. The number of amides is 1. The zero-order valence-electron chi connectivity index (χ0n) is 10.0. The Balaban J connectivity index is 2.70. The van der Waals surface area contributed by atoms with E-state index >= 15 is 0 Å². The highest BCUT2D eigenvalue weighted by molar-refractivity contribution is 6.18. The summed E-state index contributed by atoms with van der Waals surface area (Å²) in [5.74, 6) is -0.0342.